The molecule has 0 unspecified atom stereocenters. The van der Waals surface area contributed by atoms with E-state index in [4.69, 9.17) is 4.74 Å². The zero-order valence-electron chi connectivity index (χ0n) is 16.4. The van der Waals surface area contributed by atoms with E-state index < -0.39 is 0 Å². The van der Waals surface area contributed by atoms with Crippen LogP contribution in [0.5, 0.6) is 0 Å². The molecule has 0 saturated carbocycles. The van der Waals surface area contributed by atoms with Gasteiger partial charge in [-0.05, 0) is 49.9 Å². The molecule has 4 rings (SSSR count). The molecule has 1 saturated heterocycles. The Morgan fingerprint density at radius 2 is 2.14 bits per heavy atom. The van der Waals surface area contributed by atoms with Gasteiger partial charge in [0, 0.05) is 36.5 Å². The molecule has 1 atom stereocenters. The van der Waals surface area contributed by atoms with Crippen molar-refractivity contribution in [3.63, 3.8) is 0 Å². The van der Waals surface area contributed by atoms with Crippen molar-refractivity contribution in [2.45, 2.75) is 39.2 Å². The number of carbonyl (C=O) groups excluding carboxylic acids is 1. The van der Waals surface area contributed by atoms with Crippen molar-refractivity contribution in [3.8, 4) is 11.1 Å². The fourth-order valence-electron chi connectivity index (χ4n) is 3.81. The van der Waals surface area contributed by atoms with Gasteiger partial charge in [0.25, 0.3) is 5.91 Å². The molecule has 1 aliphatic heterocycles. The van der Waals surface area contributed by atoms with Crippen molar-refractivity contribution in [2.24, 2.45) is 0 Å². The van der Waals surface area contributed by atoms with Crippen LogP contribution in [0, 0.1) is 6.92 Å². The van der Waals surface area contributed by atoms with Gasteiger partial charge in [-0.15, -0.1) is 0 Å². The molecule has 3 heterocycles. The number of aromatic nitrogens is 3. The second-order valence-electron chi connectivity index (χ2n) is 7.36. The lowest BCUT2D eigenvalue weighted by Gasteiger charge is -2.25. The first-order chi connectivity index (χ1) is 13.7. The van der Waals surface area contributed by atoms with Gasteiger partial charge in [-0.3, -0.25) is 4.79 Å². The number of hydrogen-bond acceptors (Lipinski definition) is 4. The van der Waals surface area contributed by atoms with Crippen molar-refractivity contribution in [1.29, 1.82) is 0 Å². The van der Waals surface area contributed by atoms with E-state index in [1.807, 2.05) is 36.1 Å². The molecule has 1 aliphatic rings. The molecule has 146 valence electrons. The number of amides is 1. The SMILES string of the molecule is CCCN(C[C@H]1CCCO1)C(=O)c1ccc(-c2cc3[nH]cnc3nc2C)cc1. The van der Waals surface area contributed by atoms with Crippen molar-refractivity contribution < 1.29 is 9.53 Å². The first-order valence-electron chi connectivity index (χ1n) is 9.97. The lowest BCUT2D eigenvalue weighted by Crippen LogP contribution is -2.37. The lowest BCUT2D eigenvalue weighted by atomic mass is 10.0. The maximum Gasteiger partial charge on any atom is 0.253 e. The monoisotopic (exact) mass is 378 g/mol. The molecular formula is C22H26N4O2. The molecule has 1 amide bonds. The average molecular weight is 378 g/mol. The highest BCUT2D eigenvalue weighted by atomic mass is 16.5. The van der Waals surface area contributed by atoms with E-state index in [0.29, 0.717) is 12.1 Å². The van der Waals surface area contributed by atoms with Crippen LogP contribution in [0.2, 0.25) is 0 Å². The number of rotatable bonds is 6. The molecule has 6 heteroatoms. The first-order valence-corrected chi connectivity index (χ1v) is 9.97. The molecule has 0 aliphatic carbocycles. The summed E-state index contributed by atoms with van der Waals surface area (Å²) in [5.41, 5.74) is 5.34. The van der Waals surface area contributed by atoms with Crippen molar-refractivity contribution in [3.05, 3.63) is 47.9 Å². The molecule has 0 spiro atoms. The van der Waals surface area contributed by atoms with Gasteiger partial charge in [-0.25, -0.2) is 9.97 Å². The molecule has 1 aromatic carbocycles. The lowest BCUT2D eigenvalue weighted by molar-refractivity contribution is 0.0526. The number of aryl methyl sites for hydroxylation is 1. The topological polar surface area (TPSA) is 71.1 Å². The zero-order valence-corrected chi connectivity index (χ0v) is 16.4. The first kappa shape index (κ1) is 18.6. The van der Waals surface area contributed by atoms with Gasteiger partial charge >= 0.3 is 0 Å². The van der Waals surface area contributed by atoms with Crippen LogP contribution in [0.4, 0.5) is 0 Å². The van der Waals surface area contributed by atoms with E-state index in [2.05, 4.69) is 27.9 Å². The van der Waals surface area contributed by atoms with Crippen LogP contribution in [-0.4, -0.2) is 51.6 Å². The number of nitrogens with one attached hydrogen (secondary N) is 1. The average Bonchev–Trinajstić information content (AvgIpc) is 3.38. The molecule has 0 radical (unpaired) electrons. The maximum absolute atomic E-state index is 13.0. The van der Waals surface area contributed by atoms with Crippen LogP contribution in [0.15, 0.2) is 36.7 Å². The maximum atomic E-state index is 13.0. The smallest absolute Gasteiger partial charge is 0.253 e. The van der Waals surface area contributed by atoms with Crippen molar-refractivity contribution >= 4 is 17.1 Å². The molecule has 2 aromatic heterocycles. The fraction of sp³-hybridized carbons (Fsp3) is 0.409. The van der Waals surface area contributed by atoms with E-state index in [9.17, 15) is 4.79 Å². The van der Waals surface area contributed by atoms with Crippen LogP contribution in [0.3, 0.4) is 0 Å². The largest absolute Gasteiger partial charge is 0.376 e. The predicted molar refractivity (Wildman–Crippen MR) is 109 cm³/mol. The number of H-pyrrole nitrogens is 1. The van der Waals surface area contributed by atoms with Crippen LogP contribution in [0.1, 0.15) is 42.2 Å². The Hall–Kier alpha value is -2.73. The normalized spacial score (nSPS) is 16.6. The van der Waals surface area contributed by atoms with Gasteiger partial charge in [0.05, 0.1) is 17.9 Å². The molecule has 0 bridgehead atoms. The summed E-state index contributed by atoms with van der Waals surface area (Å²) in [5, 5.41) is 0. The Morgan fingerprint density at radius 1 is 1.32 bits per heavy atom. The second-order valence-corrected chi connectivity index (χ2v) is 7.36. The number of ether oxygens (including phenoxy) is 1. The highest BCUT2D eigenvalue weighted by molar-refractivity contribution is 5.95. The third-order valence-electron chi connectivity index (χ3n) is 5.27. The fourth-order valence-corrected chi connectivity index (χ4v) is 3.81. The van der Waals surface area contributed by atoms with E-state index in [-0.39, 0.29) is 12.0 Å². The number of aromatic amines is 1. The third-order valence-corrected chi connectivity index (χ3v) is 5.27. The van der Waals surface area contributed by atoms with Gasteiger partial charge < -0.3 is 14.6 Å². The number of imidazole rings is 1. The number of fused-ring (bicyclic) bond motifs is 1. The van der Waals surface area contributed by atoms with Gasteiger partial charge in [-0.2, -0.15) is 0 Å². The number of benzene rings is 1. The Kier molecular flexibility index (Phi) is 5.39. The molecule has 3 aromatic rings. The summed E-state index contributed by atoms with van der Waals surface area (Å²) >= 11 is 0. The molecule has 1 N–H and O–H groups in total. The molecule has 28 heavy (non-hydrogen) atoms. The minimum absolute atomic E-state index is 0.0720. The van der Waals surface area contributed by atoms with E-state index in [1.165, 1.54) is 0 Å². The summed E-state index contributed by atoms with van der Waals surface area (Å²) in [4.78, 5) is 26.8. The van der Waals surface area contributed by atoms with Gasteiger partial charge in [0.1, 0.15) is 0 Å². The molecule has 6 nitrogen and oxygen atoms in total. The van der Waals surface area contributed by atoms with Crippen LogP contribution in [-0.2, 0) is 4.74 Å². The highest BCUT2D eigenvalue weighted by Gasteiger charge is 2.23. The molecule has 1 fully saturated rings. The van der Waals surface area contributed by atoms with E-state index >= 15 is 0 Å². The van der Waals surface area contributed by atoms with Crippen LogP contribution < -0.4 is 0 Å². The van der Waals surface area contributed by atoms with E-state index in [0.717, 1.165) is 60.4 Å². The highest BCUT2D eigenvalue weighted by Crippen LogP contribution is 2.26. The minimum atomic E-state index is 0.0720. The van der Waals surface area contributed by atoms with Crippen molar-refractivity contribution in [1.82, 2.24) is 19.9 Å². The zero-order chi connectivity index (χ0) is 19.5. The molecular weight excluding hydrogens is 352 g/mol. The van der Waals surface area contributed by atoms with Gasteiger partial charge in [-0.1, -0.05) is 19.1 Å². The number of hydrogen-bond donors (Lipinski definition) is 1. The van der Waals surface area contributed by atoms with E-state index in [1.54, 1.807) is 6.33 Å². The van der Waals surface area contributed by atoms with Crippen LogP contribution >= 0.6 is 0 Å². The number of nitrogens with zero attached hydrogens (tertiary/aromatic N) is 3. The third kappa shape index (κ3) is 3.78. The summed E-state index contributed by atoms with van der Waals surface area (Å²) in [6.45, 7) is 6.31. The summed E-state index contributed by atoms with van der Waals surface area (Å²) < 4.78 is 5.73. The second kappa shape index (κ2) is 8.10. The Bertz CT molecular complexity index is 958. The Labute approximate surface area is 164 Å². The Balaban J connectivity index is 1.55. The summed E-state index contributed by atoms with van der Waals surface area (Å²) in [7, 11) is 0. The summed E-state index contributed by atoms with van der Waals surface area (Å²) in [6, 6.07) is 9.87. The van der Waals surface area contributed by atoms with Gasteiger partial charge in [0.2, 0.25) is 0 Å². The summed E-state index contributed by atoms with van der Waals surface area (Å²) in [5.74, 6) is 0.0720. The van der Waals surface area contributed by atoms with Gasteiger partial charge in [0.15, 0.2) is 5.65 Å². The Morgan fingerprint density at radius 3 is 2.86 bits per heavy atom. The summed E-state index contributed by atoms with van der Waals surface area (Å²) in [6.07, 6.45) is 4.88. The van der Waals surface area contributed by atoms with Crippen LogP contribution in [0.25, 0.3) is 22.3 Å². The standard InChI is InChI=1S/C22H26N4O2/c1-3-10-26(13-18-5-4-11-28-18)22(27)17-8-6-16(7-9-17)19-12-20-21(24-14-23-20)25-15(19)2/h6-9,12,14,18H,3-5,10-11,13H2,1-2H3,(H,23,24,25)/t18-/m1/s1. The number of pyridine rings is 1. The van der Waals surface area contributed by atoms with Crippen molar-refractivity contribution in [2.75, 3.05) is 19.7 Å². The predicted octanol–water partition coefficient (Wildman–Crippen LogP) is 3.96. The minimum Gasteiger partial charge on any atom is -0.376 e. The number of carbonyl (C=O) groups is 1. The quantitative estimate of drug-likeness (QED) is 0.705.